The van der Waals surface area contributed by atoms with E-state index in [-0.39, 0.29) is 66.4 Å². The van der Waals surface area contributed by atoms with Gasteiger partial charge in [-0.2, -0.15) is 46.6 Å². The van der Waals surface area contributed by atoms with E-state index in [1.807, 2.05) is 0 Å². The standard InChI is InChI=1S/C32H18F6N8/c1-15-7-17(11-20(9-15)31(33,34)35)22-24-26(45(5)29(43-24)19(13-39)14-40)23(18-8-16(2)10-21(12-18)32(36,37)38)25-27(22)46(6)30(44-25)28(41-3)42-4/h7-12H,1-2,5-6H3. The molecule has 0 bridgehead atoms. The van der Waals surface area contributed by atoms with Crippen molar-refractivity contribution in [3.05, 3.63) is 92.4 Å². The highest BCUT2D eigenvalue weighted by molar-refractivity contribution is 6.17. The predicted molar refractivity (Wildman–Crippen MR) is 156 cm³/mol. The van der Waals surface area contributed by atoms with Crippen molar-refractivity contribution in [1.29, 1.82) is 10.5 Å². The van der Waals surface area contributed by atoms with Crippen LogP contribution in [0.4, 0.5) is 26.3 Å². The number of halogens is 6. The van der Waals surface area contributed by atoms with Crippen LogP contribution in [0, 0.1) is 49.7 Å². The Labute approximate surface area is 256 Å². The second kappa shape index (κ2) is 10.8. The van der Waals surface area contributed by atoms with Crippen molar-refractivity contribution in [2.45, 2.75) is 26.2 Å². The SMILES string of the molecule is [C-]#[N+]C([N+]#[C-])=c1nc2c(-c3cc(C)cc(C(F)(F)F)c3)c3c(nc(=C(C#N)C#N)n3C)c(-c3cc(C)cc(C(F)(F)F)c3)c2n1C. The fraction of sp³-hybridized carbons (Fsp3) is 0.188. The van der Waals surface area contributed by atoms with Gasteiger partial charge in [0.05, 0.1) is 33.2 Å². The van der Waals surface area contributed by atoms with Gasteiger partial charge in [0.2, 0.25) is 5.48 Å². The first-order chi connectivity index (χ1) is 21.5. The van der Waals surface area contributed by atoms with Crippen LogP contribution < -0.4 is 11.0 Å². The molecule has 228 valence electrons. The summed E-state index contributed by atoms with van der Waals surface area (Å²) in [7, 11) is 2.83. The second-order valence-electron chi connectivity index (χ2n) is 10.5. The van der Waals surface area contributed by atoms with Gasteiger partial charge < -0.3 is 9.13 Å². The van der Waals surface area contributed by atoms with Crippen molar-refractivity contribution in [1.82, 2.24) is 19.1 Å². The Hall–Kier alpha value is -6.12. The number of aromatic nitrogens is 4. The molecule has 0 unspecified atom stereocenters. The Morgan fingerprint density at radius 2 is 1.09 bits per heavy atom. The molecule has 14 heteroatoms. The molecule has 3 aromatic carbocycles. The minimum Gasteiger partial charge on any atom is -0.329 e. The summed E-state index contributed by atoms with van der Waals surface area (Å²) in [6.07, 6.45) is -9.50. The molecule has 0 aliphatic heterocycles. The third-order valence-electron chi connectivity index (χ3n) is 7.38. The molecule has 0 atom stereocenters. The number of nitriles is 2. The van der Waals surface area contributed by atoms with E-state index in [1.54, 1.807) is 12.1 Å². The van der Waals surface area contributed by atoms with Gasteiger partial charge in [0.15, 0.2) is 11.1 Å². The normalized spacial score (nSPS) is 11.6. The van der Waals surface area contributed by atoms with Crippen LogP contribution in [-0.4, -0.2) is 19.1 Å². The molecule has 0 fully saturated rings. The lowest BCUT2D eigenvalue weighted by Crippen LogP contribution is -2.18. The van der Waals surface area contributed by atoms with E-state index < -0.39 is 34.9 Å². The van der Waals surface area contributed by atoms with Crippen LogP contribution in [0.15, 0.2) is 36.4 Å². The minimum absolute atomic E-state index is 0.00376. The Balaban J connectivity index is 2.21. The first kappa shape index (κ1) is 31.3. The van der Waals surface area contributed by atoms with Crippen molar-refractivity contribution in [2.24, 2.45) is 14.1 Å². The molecule has 0 aliphatic rings. The number of fused-ring (bicyclic) bond motifs is 2. The number of rotatable bonds is 2. The first-order valence-electron chi connectivity index (χ1n) is 13.1. The lowest BCUT2D eigenvalue weighted by atomic mass is 9.92. The van der Waals surface area contributed by atoms with E-state index in [1.165, 1.54) is 49.2 Å². The van der Waals surface area contributed by atoms with Crippen molar-refractivity contribution in [3.8, 4) is 34.4 Å². The number of imidazole rings is 2. The molecule has 2 heterocycles. The highest BCUT2D eigenvalue weighted by Gasteiger charge is 2.34. The molecule has 0 saturated heterocycles. The smallest absolute Gasteiger partial charge is 0.329 e. The highest BCUT2D eigenvalue weighted by Crippen LogP contribution is 2.44. The average Bonchev–Trinajstić information content (AvgIpc) is 3.48. The van der Waals surface area contributed by atoms with Crippen LogP contribution in [0.25, 0.3) is 65.4 Å². The van der Waals surface area contributed by atoms with Crippen LogP contribution in [0.1, 0.15) is 22.3 Å². The Bertz CT molecular complexity index is 2230. The summed E-state index contributed by atoms with van der Waals surface area (Å²) in [4.78, 5) is 15.5. The Kier molecular flexibility index (Phi) is 7.35. The van der Waals surface area contributed by atoms with Crippen LogP contribution in [-0.2, 0) is 26.4 Å². The summed E-state index contributed by atoms with van der Waals surface area (Å²) in [5, 5.41) is 19.4. The number of nitrogens with zero attached hydrogens (tertiary/aromatic N) is 8. The molecule has 5 aromatic rings. The third kappa shape index (κ3) is 4.96. The lowest BCUT2D eigenvalue weighted by Gasteiger charge is -2.17. The highest BCUT2D eigenvalue weighted by atomic mass is 19.4. The molecular weight excluding hydrogens is 610 g/mol. The van der Waals surface area contributed by atoms with E-state index in [2.05, 4.69) is 19.7 Å². The second-order valence-corrected chi connectivity index (χ2v) is 10.5. The quantitative estimate of drug-likeness (QED) is 0.164. The molecule has 0 spiro atoms. The van der Waals surface area contributed by atoms with Gasteiger partial charge in [0.25, 0.3) is 0 Å². The maximum Gasteiger partial charge on any atom is 0.562 e. The summed E-state index contributed by atoms with van der Waals surface area (Å²) in [5.41, 5.74) is -2.23. The molecular formula is C32H18F6N8. The maximum atomic E-state index is 14.0. The zero-order valence-electron chi connectivity index (χ0n) is 24.3. The monoisotopic (exact) mass is 628 g/mol. The Morgan fingerprint density at radius 1 is 0.696 bits per heavy atom. The predicted octanol–water partition coefficient (Wildman–Crippen LogP) is 6.55. The van der Waals surface area contributed by atoms with E-state index >= 15 is 0 Å². The summed E-state index contributed by atoms with van der Waals surface area (Å²) in [5.74, 6) is -0.488. The molecule has 0 N–H and O–H groups in total. The largest absolute Gasteiger partial charge is 0.562 e. The van der Waals surface area contributed by atoms with Gasteiger partial charge in [0, 0.05) is 25.2 Å². The number of hydrogen-bond acceptors (Lipinski definition) is 4. The first-order valence-corrected chi connectivity index (χ1v) is 13.1. The molecule has 0 radical (unpaired) electrons. The number of hydrogen-bond donors (Lipinski definition) is 0. The van der Waals surface area contributed by atoms with E-state index in [4.69, 9.17) is 13.1 Å². The van der Waals surface area contributed by atoms with Gasteiger partial charge in [-0.15, -0.1) is 0 Å². The van der Waals surface area contributed by atoms with Crippen LogP contribution in [0.2, 0.25) is 0 Å². The fourth-order valence-corrected chi connectivity index (χ4v) is 5.55. The molecule has 46 heavy (non-hydrogen) atoms. The minimum atomic E-state index is -4.75. The van der Waals surface area contributed by atoms with Crippen molar-refractivity contribution in [3.63, 3.8) is 0 Å². The number of alkyl halides is 6. The number of benzene rings is 3. The van der Waals surface area contributed by atoms with Gasteiger partial charge in [-0.05, 0) is 60.4 Å². The maximum absolute atomic E-state index is 14.0. The summed E-state index contributed by atoms with van der Waals surface area (Å²) >= 11 is 0. The van der Waals surface area contributed by atoms with Crippen molar-refractivity contribution < 1.29 is 26.3 Å². The number of aryl methyl sites for hydroxylation is 4. The third-order valence-corrected chi connectivity index (χ3v) is 7.38. The topological polar surface area (TPSA) is 91.9 Å². The molecule has 0 amide bonds. The van der Waals surface area contributed by atoms with Gasteiger partial charge in [-0.25, -0.2) is 9.97 Å². The average molecular weight is 629 g/mol. The van der Waals surface area contributed by atoms with Crippen LogP contribution in [0.3, 0.4) is 0 Å². The summed E-state index contributed by atoms with van der Waals surface area (Å²) in [6, 6.07) is 10.0. The van der Waals surface area contributed by atoms with Crippen molar-refractivity contribution >= 4 is 33.5 Å². The van der Waals surface area contributed by atoms with Crippen LogP contribution in [0.5, 0.6) is 0 Å². The van der Waals surface area contributed by atoms with E-state index in [9.17, 15) is 36.9 Å². The zero-order chi connectivity index (χ0) is 33.9. The molecule has 0 saturated carbocycles. The van der Waals surface area contributed by atoms with E-state index in [0.29, 0.717) is 0 Å². The molecule has 8 nitrogen and oxygen atoms in total. The van der Waals surface area contributed by atoms with Gasteiger partial charge >= 0.3 is 18.2 Å². The lowest BCUT2D eigenvalue weighted by molar-refractivity contribution is -0.138. The van der Waals surface area contributed by atoms with Crippen molar-refractivity contribution in [2.75, 3.05) is 0 Å². The Morgan fingerprint density at radius 3 is 1.46 bits per heavy atom. The van der Waals surface area contributed by atoms with Gasteiger partial charge in [-0.1, -0.05) is 12.1 Å². The molecule has 2 aromatic heterocycles. The van der Waals surface area contributed by atoms with E-state index in [0.717, 1.165) is 24.3 Å². The van der Waals surface area contributed by atoms with Gasteiger partial charge in [-0.3, -0.25) is 0 Å². The molecule has 5 rings (SSSR count). The zero-order valence-corrected chi connectivity index (χ0v) is 24.3. The van der Waals surface area contributed by atoms with Gasteiger partial charge in [0.1, 0.15) is 25.3 Å². The summed E-state index contributed by atoms with van der Waals surface area (Å²) < 4.78 is 86.7. The van der Waals surface area contributed by atoms with Crippen LogP contribution >= 0.6 is 0 Å². The molecule has 0 aliphatic carbocycles. The fourth-order valence-electron chi connectivity index (χ4n) is 5.55. The summed E-state index contributed by atoms with van der Waals surface area (Å²) in [6.45, 7) is 17.9.